The van der Waals surface area contributed by atoms with Gasteiger partial charge in [-0.15, -0.1) is 0 Å². The Kier molecular flexibility index (Phi) is 2.98. The first kappa shape index (κ1) is 10.5. The molecular weight excluding hydrogens is 188 g/mol. The highest BCUT2D eigenvalue weighted by molar-refractivity contribution is 5.11. The Bertz CT molecular complexity index is 332. The van der Waals surface area contributed by atoms with E-state index in [1.54, 1.807) is 6.20 Å². The Hall–Kier alpha value is -0.990. The Morgan fingerprint density at radius 1 is 1.53 bits per heavy atom. The van der Waals surface area contributed by atoms with Gasteiger partial charge in [0.25, 0.3) is 0 Å². The van der Waals surface area contributed by atoms with Crippen LogP contribution in [0.4, 0.5) is 0 Å². The van der Waals surface area contributed by atoms with E-state index in [0.717, 1.165) is 11.7 Å². The third-order valence-electron chi connectivity index (χ3n) is 3.62. The fraction of sp³-hybridized carbons (Fsp3) is 0.750. The van der Waals surface area contributed by atoms with Crippen LogP contribution in [0.25, 0.3) is 0 Å². The van der Waals surface area contributed by atoms with Crippen LogP contribution in [0.1, 0.15) is 50.8 Å². The Balaban J connectivity index is 2.13. The third kappa shape index (κ3) is 2.16. The maximum atomic E-state index is 9.36. The van der Waals surface area contributed by atoms with Crippen molar-refractivity contribution in [3.05, 3.63) is 12.0 Å². The lowest BCUT2D eigenvalue weighted by molar-refractivity contribution is 0.303. The van der Waals surface area contributed by atoms with Crippen molar-refractivity contribution in [3.63, 3.8) is 0 Å². The summed E-state index contributed by atoms with van der Waals surface area (Å²) in [4.78, 5) is 4.22. The fourth-order valence-electron chi connectivity index (χ4n) is 2.74. The molecule has 15 heavy (non-hydrogen) atoms. The van der Waals surface area contributed by atoms with Gasteiger partial charge in [-0.25, -0.2) is 0 Å². The molecule has 0 aliphatic heterocycles. The summed E-state index contributed by atoms with van der Waals surface area (Å²) in [5.41, 5.74) is 0. The van der Waals surface area contributed by atoms with Crippen LogP contribution in [0, 0.1) is 5.92 Å². The maximum Gasteiger partial charge on any atom is 0.229 e. The standard InChI is InChI=1S/C12H20N2O/c1-3-9-5-4-6-10(7-9)12-13-11(15)8-14(12)2/h8-10,15H,3-7H2,1-2H3. The lowest BCUT2D eigenvalue weighted by Crippen LogP contribution is -2.16. The van der Waals surface area contributed by atoms with E-state index in [4.69, 9.17) is 0 Å². The van der Waals surface area contributed by atoms with Crippen LogP contribution in [0.5, 0.6) is 5.88 Å². The molecule has 1 saturated carbocycles. The monoisotopic (exact) mass is 208 g/mol. The van der Waals surface area contributed by atoms with Gasteiger partial charge in [0.15, 0.2) is 0 Å². The van der Waals surface area contributed by atoms with Crippen molar-refractivity contribution in [1.82, 2.24) is 9.55 Å². The molecule has 1 fully saturated rings. The van der Waals surface area contributed by atoms with Gasteiger partial charge in [0.1, 0.15) is 5.82 Å². The highest BCUT2D eigenvalue weighted by Gasteiger charge is 2.25. The summed E-state index contributed by atoms with van der Waals surface area (Å²) < 4.78 is 1.97. The number of aromatic hydroxyl groups is 1. The van der Waals surface area contributed by atoms with Crippen molar-refractivity contribution in [2.45, 2.75) is 44.9 Å². The van der Waals surface area contributed by atoms with Gasteiger partial charge in [0.05, 0.1) is 6.20 Å². The van der Waals surface area contributed by atoms with Crippen molar-refractivity contribution < 1.29 is 5.11 Å². The predicted molar refractivity (Wildman–Crippen MR) is 59.9 cm³/mol. The van der Waals surface area contributed by atoms with Crippen LogP contribution < -0.4 is 0 Å². The molecule has 2 unspecified atom stereocenters. The van der Waals surface area contributed by atoms with Gasteiger partial charge in [-0.05, 0) is 18.8 Å². The molecule has 0 saturated heterocycles. The number of nitrogens with zero attached hydrogens (tertiary/aromatic N) is 2. The van der Waals surface area contributed by atoms with Gasteiger partial charge in [0.2, 0.25) is 5.88 Å². The smallest absolute Gasteiger partial charge is 0.229 e. The summed E-state index contributed by atoms with van der Waals surface area (Å²) in [5.74, 6) is 2.62. The minimum atomic E-state index is 0.158. The largest absolute Gasteiger partial charge is 0.492 e. The molecule has 0 amide bonds. The molecule has 84 valence electrons. The molecule has 1 aliphatic carbocycles. The first-order valence-electron chi connectivity index (χ1n) is 5.93. The Labute approximate surface area is 91.1 Å². The normalized spacial score (nSPS) is 26.8. The first-order valence-corrected chi connectivity index (χ1v) is 5.93. The van der Waals surface area contributed by atoms with Gasteiger partial charge in [0, 0.05) is 13.0 Å². The summed E-state index contributed by atoms with van der Waals surface area (Å²) in [6.07, 6.45) is 8.10. The molecule has 0 radical (unpaired) electrons. The molecule has 2 atom stereocenters. The zero-order chi connectivity index (χ0) is 10.8. The van der Waals surface area contributed by atoms with Crippen molar-refractivity contribution in [1.29, 1.82) is 0 Å². The molecule has 3 heteroatoms. The van der Waals surface area contributed by atoms with Gasteiger partial charge in [-0.3, -0.25) is 0 Å². The molecule has 2 rings (SSSR count). The minimum absolute atomic E-state index is 0.158. The van der Waals surface area contributed by atoms with Crippen LogP contribution in [-0.2, 0) is 7.05 Å². The summed E-state index contributed by atoms with van der Waals surface area (Å²) in [6, 6.07) is 0. The zero-order valence-electron chi connectivity index (χ0n) is 9.61. The summed E-state index contributed by atoms with van der Waals surface area (Å²) in [7, 11) is 1.97. The van der Waals surface area contributed by atoms with Crippen molar-refractivity contribution in [3.8, 4) is 5.88 Å². The molecule has 0 bridgehead atoms. The van der Waals surface area contributed by atoms with Gasteiger partial charge in [-0.2, -0.15) is 4.98 Å². The van der Waals surface area contributed by atoms with Crippen LogP contribution in [0.2, 0.25) is 0 Å². The number of imidazole rings is 1. The highest BCUT2D eigenvalue weighted by Crippen LogP contribution is 2.37. The second-order valence-corrected chi connectivity index (χ2v) is 4.71. The fourth-order valence-corrected chi connectivity index (χ4v) is 2.74. The second kappa shape index (κ2) is 4.25. The zero-order valence-corrected chi connectivity index (χ0v) is 9.61. The molecule has 1 N–H and O–H groups in total. The van der Waals surface area contributed by atoms with Crippen LogP contribution in [0.3, 0.4) is 0 Å². The van der Waals surface area contributed by atoms with Crippen LogP contribution >= 0.6 is 0 Å². The topological polar surface area (TPSA) is 38.1 Å². The van der Waals surface area contributed by atoms with E-state index in [-0.39, 0.29) is 5.88 Å². The Morgan fingerprint density at radius 2 is 2.33 bits per heavy atom. The number of rotatable bonds is 2. The minimum Gasteiger partial charge on any atom is -0.492 e. The molecule has 1 aromatic rings. The van der Waals surface area contributed by atoms with E-state index in [1.807, 2.05) is 11.6 Å². The lowest BCUT2D eigenvalue weighted by atomic mass is 9.80. The van der Waals surface area contributed by atoms with Gasteiger partial charge in [-0.1, -0.05) is 26.2 Å². The Morgan fingerprint density at radius 3 is 2.93 bits per heavy atom. The van der Waals surface area contributed by atoms with Crippen LogP contribution in [0.15, 0.2) is 6.20 Å². The highest BCUT2D eigenvalue weighted by atomic mass is 16.3. The van der Waals surface area contributed by atoms with E-state index < -0.39 is 0 Å². The average molecular weight is 208 g/mol. The third-order valence-corrected chi connectivity index (χ3v) is 3.62. The van der Waals surface area contributed by atoms with Crippen molar-refractivity contribution in [2.75, 3.05) is 0 Å². The van der Waals surface area contributed by atoms with E-state index in [1.165, 1.54) is 32.1 Å². The molecule has 0 aromatic carbocycles. The second-order valence-electron chi connectivity index (χ2n) is 4.71. The quantitative estimate of drug-likeness (QED) is 0.811. The number of aryl methyl sites for hydroxylation is 1. The first-order chi connectivity index (χ1) is 7.20. The average Bonchev–Trinajstić information content (AvgIpc) is 2.58. The van der Waals surface area contributed by atoms with Gasteiger partial charge < -0.3 is 9.67 Å². The number of hydrogen-bond acceptors (Lipinski definition) is 2. The molecule has 1 aliphatic rings. The SMILES string of the molecule is CCC1CCCC(c2nc(O)cn2C)C1. The molecule has 0 spiro atoms. The molecule has 1 aromatic heterocycles. The van der Waals surface area contributed by atoms with Gasteiger partial charge >= 0.3 is 0 Å². The lowest BCUT2D eigenvalue weighted by Gasteiger charge is -2.27. The molecular formula is C12H20N2O. The molecule has 3 nitrogen and oxygen atoms in total. The van der Waals surface area contributed by atoms with E-state index in [0.29, 0.717) is 5.92 Å². The molecule has 1 heterocycles. The van der Waals surface area contributed by atoms with E-state index in [9.17, 15) is 5.11 Å². The van der Waals surface area contributed by atoms with Crippen LogP contribution in [-0.4, -0.2) is 14.7 Å². The summed E-state index contributed by atoms with van der Waals surface area (Å²) in [5, 5.41) is 9.36. The predicted octanol–water partition coefficient (Wildman–Crippen LogP) is 2.81. The van der Waals surface area contributed by atoms with E-state index >= 15 is 0 Å². The maximum absolute atomic E-state index is 9.36. The number of hydrogen-bond donors (Lipinski definition) is 1. The van der Waals surface area contributed by atoms with Crippen molar-refractivity contribution in [2.24, 2.45) is 13.0 Å². The number of aromatic nitrogens is 2. The summed E-state index contributed by atoms with van der Waals surface area (Å²) in [6.45, 7) is 2.27. The van der Waals surface area contributed by atoms with E-state index in [2.05, 4.69) is 11.9 Å². The van der Waals surface area contributed by atoms with Crippen molar-refractivity contribution >= 4 is 0 Å². The summed E-state index contributed by atoms with van der Waals surface area (Å²) >= 11 is 0.